The van der Waals surface area contributed by atoms with E-state index in [9.17, 15) is 14.7 Å². The molecular formula is C21H25NO4. The van der Waals surface area contributed by atoms with Crippen molar-refractivity contribution in [3.05, 3.63) is 71.8 Å². The lowest BCUT2D eigenvalue weighted by molar-refractivity contribution is -0.143. The molecular weight excluding hydrogens is 330 g/mol. The number of carboxylic acid groups (broad SMARTS) is 2. The Bertz CT molecular complexity index is 663. The molecule has 0 saturated carbocycles. The van der Waals surface area contributed by atoms with Crippen LogP contribution in [0.4, 0.5) is 0 Å². The first kappa shape index (κ1) is 19.7. The summed E-state index contributed by atoms with van der Waals surface area (Å²) in [5, 5.41) is 18.3. The van der Waals surface area contributed by atoms with Crippen LogP contribution in [0.2, 0.25) is 0 Å². The fraction of sp³-hybridized carbons (Fsp3) is 0.333. The molecule has 5 nitrogen and oxygen atoms in total. The van der Waals surface area contributed by atoms with Crippen LogP contribution in [0.5, 0.6) is 0 Å². The Hall–Kier alpha value is -2.66. The first-order chi connectivity index (χ1) is 12.5. The van der Waals surface area contributed by atoms with E-state index in [1.54, 1.807) is 0 Å². The predicted molar refractivity (Wildman–Crippen MR) is 99.9 cm³/mol. The minimum Gasteiger partial charge on any atom is -0.481 e. The van der Waals surface area contributed by atoms with Crippen molar-refractivity contribution in [3.8, 4) is 0 Å². The SMILES string of the molecule is NC(CC(CCCC(c1ccccc1)c1ccccc1)C(=O)O)C(=O)O. The van der Waals surface area contributed by atoms with Gasteiger partial charge in [0.1, 0.15) is 6.04 Å². The number of hydrogen-bond acceptors (Lipinski definition) is 3. The van der Waals surface area contributed by atoms with Crippen molar-refractivity contribution in [2.75, 3.05) is 0 Å². The molecule has 2 aromatic rings. The van der Waals surface area contributed by atoms with Gasteiger partial charge in [0.15, 0.2) is 0 Å². The predicted octanol–water partition coefficient (Wildman–Crippen LogP) is 3.49. The zero-order chi connectivity index (χ0) is 18.9. The van der Waals surface area contributed by atoms with E-state index >= 15 is 0 Å². The Morgan fingerprint density at radius 3 is 1.73 bits per heavy atom. The van der Waals surface area contributed by atoms with Crippen LogP contribution in [0.15, 0.2) is 60.7 Å². The molecule has 0 aliphatic rings. The zero-order valence-electron chi connectivity index (χ0n) is 14.6. The molecule has 0 spiro atoms. The quantitative estimate of drug-likeness (QED) is 0.606. The van der Waals surface area contributed by atoms with Crippen molar-refractivity contribution < 1.29 is 19.8 Å². The van der Waals surface area contributed by atoms with Crippen molar-refractivity contribution in [1.29, 1.82) is 0 Å². The Kier molecular flexibility index (Phi) is 7.36. The zero-order valence-corrected chi connectivity index (χ0v) is 14.6. The van der Waals surface area contributed by atoms with Gasteiger partial charge in [0.2, 0.25) is 0 Å². The molecule has 2 unspecified atom stereocenters. The highest BCUT2D eigenvalue weighted by Gasteiger charge is 2.24. The Morgan fingerprint density at radius 2 is 1.31 bits per heavy atom. The second-order valence-corrected chi connectivity index (χ2v) is 6.52. The minimum atomic E-state index is -1.16. The Balaban J connectivity index is 2.05. The van der Waals surface area contributed by atoms with Gasteiger partial charge >= 0.3 is 11.9 Å². The summed E-state index contributed by atoms with van der Waals surface area (Å²) in [5.41, 5.74) is 7.88. The van der Waals surface area contributed by atoms with E-state index in [2.05, 4.69) is 24.3 Å². The van der Waals surface area contributed by atoms with Crippen molar-refractivity contribution in [2.24, 2.45) is 11.7 Å². The summed E-state index contributed by atoms with van der Waals surface area (Å²) in [6.07, 6.45) is 1.83. The van der Waals surface area contributed by atoms with Crippen molar-refractivity contribution >= 4 is 11.9 Å². The number of rotatable bonds is 10. The highest BCUT2D eigenvalue weighted by molar-refractivity contribution is 5.75. The molecule has 138 valence electrons. The number of aliphatic carboxylic acids is 2. The molecule has 26 heavy (non-hydrogen) atoms. The molecule has 0 heterocycles. The van der Waals surface area contributed by atoms with Crippen LogP contribution >= 0.6 is 0 Å². The van der Waals surface area contributed by atoms with Crippen molar-refractivity contribution in [2.45, 2.75) is 37.6 Å². The molecule has 4 N–H and O–H groups in total. The third-order valence-electron chi connectivity index (χ3n) is 4.65. The van der Waals surface area contributed by atoms with Gasteiger partial charge in [0, 0.05) is 5.92 Å². The standard InChI is InChI=1S/C21H25NO4/c22-19(21(25)26)14-17(20(23)24)12-7-13-18(15-8-3-1-4-9-15)16-10-5-2-6-11-16/h1-6,8-11,17-19H,7,12-14,22H2,(H,23,24)(H,25,26). The summed E-state index contributed by atoms with van der Waals surface area (Å²) in [6.45, 7) is 0. The molecule has 0 radical (unpaired) electrons. The molecule has 0 aromatic heterocycles. The lowest BCUT2D eigenvalue weighted by Gasteiger charge is -2.20. The summed E-state index contributed by atoms with van der Waals surface area (Å²) in [5.74, 6) is -2.71. The van der Waals surface area contributed by atoms with E-state index in [0.717, 1.165) is 6.42 Å². The van der Waals surface area contributed by atoms with Crippen LogP contribution in [0, 0.1) is 5.92 Å². The highest BCUT2D eigenvalue weighted by Crippen LogP contribution is 2.30. The summed E-state index contributed by atoms with van der Waals surface area (Å²) >= 11 is 0. The number of benzene rings is 2. The fourth-order valence-corrected chi connectivity index (χ4v) is 3.21. The Labute approximate surface area is 153 Å². The van der Waals surface area contributed by atoms with Gasteiger partial charge in [-0.2, -0.15) is 0 Å². The largest absolute Gasteiger partial charge is 0.481 e. The maximum atomic E-state index is 11.4. The first-order valence-corrected chi connectivity index (χ1v) is 8.80. The molecule has 0 saturated heterocycles. The molecule has 2 rings (SSSR count). The summed E-state index contributed by atoms with van der Waals surface area (Å²) in [4.78, 5) is 22.3. The average molecular weight is 355 g/mol. The van der Waals surface area contributed by atoms with Crippen LogP contribution in [0.3, 0.4) is 0 Å². The number of carbonyl (C=O) groups is 2. The maximum absolute atomic E-state index is 11.4. The van der Waals surface area contributed by atoms with Crippen molar-refractivity contribution in [3.63, 3.8) is 0 Å². The van der Waals surface area contributed by atoms with E-state index in [1.807, 2.05) is 36.4 Å². The van der Waals surface area contributed by atoms with E-state index < -0.39 is 23.9 Å². The van der Waals surface area contributed by atoms with Crippen LogP contribution in [-0.2, 0) is 9.59 Å². The van der Waals surface area contributed by atoms with Gasteiger partial charge in [0.25, 0.3) is 0 Å². The van der Waals surface area contributed by atoms with Gasteiger partial charge in [-0.3, -0.25) is 9.59 Å². The van der Waals surface area contributed by atoms with E-state index in [1.165, 1.54) is 11.1 Å². The van der Waals surface area contributed by atoms with Gasteiger partial charge in [0.05, 0.1) is 5.92 Å². The van der Waals surface area contributed by atoms with Gasteiger partial charge < -0.3 is 15.9 Å². The summed E-state index contributed by atoms with van der Waals surface area (Å²) in [6, 6.07) is 19.1. The topological polar surface area (TPSA) is 101 Å². The monoisotopic (exact) mass is 355 g/mol. The van der Waals surface area contributed by atoms with Gasteiger partial charge in [-0.05, 0) is 30.4 Å². The maximum Gasteiger partial charge on any atom is 0.320 e. The van der Waals surface area contributed by atoms with Crippen LogP contribution in [-0.4, -0.2) is 28.2 Å². The molecule has 0 aliphatic carbocycles. The van der Waals surface area contributed by atoms with E-state index in [0.29, 0.717) is 12.8 Å². The minimum absolute atomic E-state index is 0.0496. The molecule has 0 fully saturated rings. The van der Waals surface area contributed by atoms with Crippen LogP contribution in [0.1, 0.15) is 42.7 Å². The lowest BCUT2D eigenvalue weighted by Crippen LogP contribution is -2.34. The summed E-state index contributed by atoms with van der Waals surface area (Å²) < 4.78 is 0. The smallest absolute Gasteiger partial charge is 0.320 e. The lowest BCUT2D eigenvalue weighted by atomic mass is 9.85. The van der Waals surface area contributed by atoms with Gasteiger partial charge in [-0.15, -0.1) is 0 Å². The van der Waals surface area contributed by atoms with Gasteiger partial charge in [-0.1, -0.05) is 67.1 Å². The molecule has 0 aliphatic heterocycles. The van der Waals surface area contributed by atoms with Crippen molar-refractivity contribution in [1.82, 2.24) is 0 Å². The third kappa shape index (κ3) is 5.70. The highest BCUT2D eigenvalue weighted by atomic mass is 16.4. The fourth-order valence-electron chi connectivity index (χ4n) is 3.21. The second-order valence-electron chi connectivity index (χ2n) is 6.52. The number of carboxylic acids is 2. The number of hydrogen-bond donors (Lipinski definition) is 3. The molecule has 0 bridgehead atoms. The van der Waals surface area contributed by atoms with Crippen LogP contribution < -0.4 is 5.73 Å². The average Bonchev–Trinajstić information content (AvgIpc) is 2.65. The summed E-state index contributed by atoms with van der Waals surface area (Å²) in [7, 11) is 0. The van der Waals surface area contributed by atoms with E-state index in [4.69, 9.17) is 10.8 Å². The normalized spacial score (nSPS) is 13.3. The second kappa shape index (κ2) is 9.73. The molecule has 2 atom stereocenters. The third-order valence-corrected chi connectivity index (χ3v) is 4.65. The Morgan fingerprint density at radius 1 is 0.808 bits per heavy atom. The first-order valence-electron chi connectivity index (χ1n) is 8.80. The molecule has 5 heteroatoms. The van der Waals surface area contributed by atoms with E-state index in [-0.39, 0.29) is 12.3 Å². The number of nitrogens with two attached hydrogens (primary N) is 1. The van der Waals surface area contributed by atoms with Gasteiger partial charge in [-0.25, -0.2) is 0 Å². The molecule has 2 aromatic carbocycles. The molecule has 0 amide bonds. The van der Waals surface area contributed by atoms with Crippen LogP contribution in [0.25, 0.3) is 0 Å².